The lowest BCUT2D eigenvalue weighted by Crippen LogP contribution is -2.00. The number of nitrogens with zero attached hydrogens (tertiary/aromatic N) is 6. The van der Waals surface area contributed by atoms with Crippen molar-refractivity contribution in [3.63, 3.8) is 0 Å². The molecule has 0 amide bonds. The van der Waals surface area contributed by atoms with E-state index in [1.165, 1.54) is 20.2 Å². The number of hydrogen-bond acceptors (Lipinski definition) is 6. The van der Waals surface area contributed by atoms with Crippen molar-refractivity contribution in [3.8, 4) is 39.9 Å². The molecule has 0 bridgehead atoms. The third-order valence-electron chi connectivity index (χ3n) is 8.91. The Morgan fingerprint density at radius 1 is 0.458 bits per heavy atom. The van der Waals surface area contributed by atoms with Crippen LogP contribution in [0.2, 0.25) is 0 Å². The van der Waals surface area contributed by atoms with E-state index in [-0.39, 0.29) is 0 Å². The van der Waals surface area contributed by atoms with Gasteiger partial charge in [-0.05, 0) is 52.6 Å². The highest BCUT2D eigenvalue weighted by molar-refractivity contribution is 7.25. The molecule has 6 nitrogen and oxygen atoms in total. The first-order chi connectivity index (χ1) is 23.8. The van der Waals surface area contributed by atoms with E-state index in [1.807, 2.05) is 66.7 Å². The molecule has 224 valence electrons. The van der Waals surface area contributed by atoms with E-state index >= 15 is 0 Å². The normalized spacial score (nSPS) is 11.8. The average Bonchev–Trinajstić information content (AvgIpc) is 3.77. The molecule has 0 atom stereocenters. The average molecular weight is 633 g/mol. The monoisotopic (exact) mass is 632 g/mol. The number of fused-ring (bicyclic) bond motifs is 8. The highest BCUT2D eigenvalue weighted by Crippen LogP contribution is 2.40. The van der Waals surface area contributed by atoms with Crippen LogP contribution in [0.1, 0.15) is 0 Å². The molecule has 3 aromatic heterocycles. The summed E-state index contributed by atoms with van der Waals surface area (Å²) in [5.74, 6) is 1.91. The molecule has 48 heavy (non-hydrogen) atoms. The summed E-state index contributed by atoms with van der Waals surface area (Å²) in [5, 5.41) is 16.5. The molecule has 10 aromatic rings. The Bertz CT molecular complexity index is 2840. The van der Waals surface area contributed by atoms with Crippen molar-refractivity contribution in [1.29, 1.82) is 0 Å². The van der Waals surface area contributed by atoms with Gasteiger partial charge in [0.2, 0.25) is 0 Å². The number of rotatable bonds is 4. The molecule has 0 aliphatic rings. The minimum atomic E-state index is 0.620. The van der Waals surface area contributed by atoms with Gasteiger partial charge >= 0.3 is 0 Å². The Kier molecular flexibility index (Phi) is 5.94. The summed E-state index contributed by atoms with van der Waals surface area (Å²) in [6.45, 7) is 0. The quantitative estimate of drug-likeness (QED) is 0.181. The Balaban J connectivity index is 1.22. The van der Waals surface area contributed by atoms with Crippen LogP contribution in [0.25, 0.3) is 92.6 Å². The van der Waals surface area contributed by atoms with E-state index in [4.69, 9.17) is 25.1 Å². The summed E-state index contributed by atoms with van der Waals surface area (Å²) < 4.78 is 2.45. The lowest BCUT2D eigenvalue weighted by molar-refractivity contribution is 0.766. The predicted octanol–water partition coefficient (Wildman–Crippen LogP) is 10.3. The van der Waals surface area contributed by atoms with Gasteiger partial charge in [0.05, 0.1) is 5.69 Å². The molecular formula is C41H24N6S. The second kappa shape index (κ2) is 10.6. The van der Waals surface area contributed by atoms with Crippen molar-refractivity contribution in [2.45, 2.75) is 0 Å². The largest absolute Gasteiger partial charge is 0.208 e. The van der Waals surface area contributed by atoms with Crippen molar-refractivity contribution < 1.29 is 0 Å². The van der Waals surface area contributed by atoms with Gasteiger partial charge in [-0.2, -0.15) is 4.80 Å². The maximum atomic E-state index is 5.18. The molecule has 0 aliphatic heterocycles. The van der Waals surface area contributed by atoms with Crippen molar-refractivity contribution >= 4 is 64.1 Å². The number of benzene rings is 7. The molecule has 0 spiro atoms. The standard InChI is InChI=1S/C41H24N6S/c1-3-10-27(11-4-1)39-42-40(44-41(43-39)31-15-9-17-35-37(31)30-14-7-8-16-34(30)48-35)28-21-19-25-18-20-26-22-23-33-38(36(26)32(25)24-28)46-47(45-33)29-12-5-2-6-13-29/h1-24H. The first kappa shape index (κ1) is 26.9. The molecule has 3 heterocycles. The van der Waals surface area contributed by atoms with Crippen LogP contribution >= 0.6 is 11.3 Å². The number of aromatic nitrogens is 6. The maximum absolute atomic E-state index is 5.18. The van der Waals surface area contributed by atoms with E-state index in [0.29, 0.717) is 17.5 Å². The summed E-state index contributed by atoms with van der Waals surface area (Å²) >= 11 is 1.79. The summed E-state index contributed by atoms with van der Waals surface area (Å²) in [4.78, 5) is 17.0. The SMILES string of the molecule is c1ccc(-c2nc(-c3ccc4ccc5ccc6nn(-c7ccccc7)nc6c5c4c3)nc(-c3cccc4sc5ccccc5c34)n2)cc1. The fourth-order valence-corrected chi connectivity index (χ4v) is 7.77. The lowest BCUT2D eigenvalue weighted by atomic mass is 9.98. The number of hydrogen-bond donors (Lipinski definition) is 0. The Hall–Kier alpha value is -6.31. The molecule has 0 radical (unpaired) electrons. The van der Waals surface area contributed by atoms with Gasteiger partial charge < -0.3 is 0 Å². The molecule has 7 heteroatoms. The van der Waals surface area contributed by atoms with Crippen LogP contribution in [0.15, 0.2) is 146 Å². The van der Waals surface area contributed by atoms with Crippen LogP contribution in [-0.4, -0.2) is 29.9 Å². The van der Waals surface area contributed by atoms with Crippen molar-refractivity contribution in [3.05, 3.63) is 146 Å². The van der Waals surface area contributed by atoms with Gasteiger partial charge in [-0.15, -0.1) is 21.5 Å². The minimum Gasteiger partial charge on any atom is -0.208 e. The van der Waals surface area contributed by atoms with Gasteiger partial charge in [-0.3, -0.25) is 0 Å². The molecular weight excluding hydrogens is 609 g/mol. The molecule has 0 saturated heterocycles. The number of thiophene rings is 1. The second-order valence-corrected chi connectivity index (χ2v) is 12.9. The minimum absolute atomic E-state index is 0.620. The van der Waals surface area contributed by atoms with Gasteiger partial charge in [-0.1, -0.05) is 109 Å². The molecule has 0 saturated carbocycles. The van der Waals surface area contributed by atoms with Gasteiger partial charge in [0, 0.05) is 42.2 Å². The van der Waals surface area contributed by atoms with E-state index in [2.05, 4.69) is 78.9 Å². The van der Waals surface area contributed by atoms with Gasteiger partial charge in [-0.25, -0.2) is 15.0 Å². The van der Waals surface area contributed by atoms with Crippen LogP contribution in [0.3, 0.4) is 0 Å². The highest BCUT2D eigenvalue weighted by Gasteiger charge is 2.18. The Labute approximate surface area is 278 Å². The van der Waals surface area contributed by atoms with Crippen LogP contribution in [0.4, 0.5) is 0 Å². The fourth-order valence-electron chi connectivity index (χ4n) is 6.64. The lowest BCUT2D eigenvalue weighted by Gasteiger charge is -2.11. The second-order valence-electron chi connectivity index (χ2n) is 11.8. The predicted molar refractivity (Wildman–Crippen MR) is 196 cm³/mol. The summed E-state index contributed by atoms with van der Waals surface area (Å²) in [7, 11) is 0. The fraction of sp³-hybridized carbons (Fsp3) is 0. The Morgan fingerprint density at radius 2 is 1.15 bits per heavy atom. The molecule has 0 aliphatic carbocycles. The summed E-state index contributed by atoms with van der Waals surface area (Å²) in [5.41, 5.74) is 5.46. The van der Waals surface area contributed by atoms with Crippen LogP contribution < -0.4 is 0 Å². The molecule has 0 fully saturated rings. The van der Waals surface area contributed by atoms with Crippen molar-refractivity contribution in [1.82, 2.24) is 29.9 Å². The van der Waals surface area contributed by atoms with Crippen LogP contribution in [0, 0.1) is 0 Å². The zero-order chi connectivity index (χ0) is 31.6. The van der Waals surface area contributed by atoms with Crippen molar-refractivity contribution in [2.75, 3.05) is 0 Å². The van der Waals surface area contributed by atoms with E-state index in [0.717, 1.165) is 55.0 Å². The zero-order valence-corrected chi connectivity index (χ0v) is 26.3. The van der Waals surface area contributed by atoms with E-state index in [1.54, 1.807) is 16.1 Å². The van der Waals surface area contributed by atoms with Gasteiger partial charge in [0.25, 0.3) is 0 Å². The van der Waals surface area contributed by atoms with Gasteiger partial charge in [0.1, 0.15) is 11.0 Å². The summed E-state index contributed by atoms with van der Waals surface area (Å²) in [6, 6.07) is 50.0. The van der Waals surface area contributed by atoms with Crippen molar-refractivity contribution in [2.24, 2.45) is 0 Å². The first-order valence-corrected chi connectivity index (χ1v) is 16.6. The molecule has 10 rings (SSSR count). The smallest absolute Gasteiger partial charge is 0.164 e. The maximum Gasteiger partial charge on any atom is 0.164 e. The number of para-hydroxylation sites is 1. The van der Waals surface area contributed by atoms with Gasteiger partial charge in [0.15, 0.2) is 17.5 Å². The van der Waals surface area contributed by atoms with E-state index in [9.17, 15) is 0 Å². The Morgan fingerprint density at radius 3 is 2.02 bits per heavy atom. The third kappa shape index (κ3) is 4.29. The van der Waals surface area contributed by atoms with E-state index < -0.39 is 0 Å². The molecule has 0 N–H and O–H groups in total. The molecule has 7 aromatic carbocycles. The zero-order valence-electron chi connectivity index (χ0n) is 25.4. The topological polar surface area (TPSA) is 69.4 Å². The van der Waals surface area contributed by atoms with Crippen LogP contribution in [-0.2, 0) is 0 Å². The summed E-state index contributed by atoms with van der Waals surface area (Å²) in [6.07, 6.45) is 0. The first-order valence-electron chi connectivity index (χ1n) is 15.8. The van der Waals surface area contributed by atoms with Crippen LogP contribution in [0.5, 0.6) is 0 Å². The third-order valence-corrected chi connectivity index (χ3v) is 10.0. The highest BCUT2D eigenvalue weighted by atomic mass is 32.1. The molecule has 0 unspecified atom stereocenters.